The molecular formula is C19H13BrClIN2O4. The van der Waals surface area contributed by atoms with Crippen LogP contribution < -0.4 is 15.0 Å². The Morgan fingerprint density at radius 3 is 2.54 bits per heavy atom. The third kappa shape index (κ3) is 3.94. The van der Waals surface area contributed by atoms with E-state index in [1.807, 2.05) is 6.92 Å². The second-order valence-corrected chi connectivity index (χ2v) is 8.33. The second kappa shape index (κ2) is 8.22. The second-order valence-electron chi connectivity index (χ2n) is 5.91. The van der Waals surface area contributed by atoms with Gasteiger partial charge in [0.2, 0.25) is 0 Å². The van der Waals surface area contributed by atoms with E-state index >= 15 is 0 Å². The summed E-state index contributed by atoms with van der Waals surface area (Å²) in [6, 6.07) is 7.46. The number of amides is 4. The molecule has 3 rings (SSSR count). The number of rotatable bonds is 3. The lowest BCUT2D eigenvalue weighted by Gasteiger charge is -2.26. The number of halogens is 3. The van der Waals surface area contributed by atoms with Crippen molar-refractivity contribution in [3.05, 3.63) is 60.1 Å². The first kappa shape index (κ1) is 20.8. The van der Waals surface area contributed by atoms with Gasteiger partial charge >= 0.3 is 6.03 Å². The lowest BCUT2D eigenvalue weighted by Crippen LogP contribution is -2.54. The molecule has 1 N–H and O–H groups in total. The van der Waals surface area contributed by atoms with Gasteiger partial charge in [0, 0.05) is 5.02 Å². The number of benzene rings is 2. The molecule has 0 unspecified atom stereocenters. The smallest absolute Gasteiger partial charge is 0.335 e. The fourth-order valence-electron chi connectivity index (χ4n) is 2.64. The van der Waals surface area contributed by atoms with Crippen LogP contribution in [0.4, 0.5) is 10.5 Å². The van der Waals surface area contributed by atoms with E-state index < -0.39 is 17.8 Å². The molecule has 1 heterocycles. The van der Waals surface area contributed by atoms with E-state index in [1.165, 1.54) is 12.1 Å². The van der Waals surface area contributed by atoms with Crippen LogP contribution in [-0.4, -0.2) is 25.0 Å². The molecular weight excluding hydrogens is 562 g/mol. The summed E-state index contributed by atoms with van der Waals surface area (Å²) in [5, 5.41) is 2.60. The number of methoxy groups -OCH3 is 1. The summed E-state index contributed by atoms with van der Waals surface area (Å²) >= 11 is 11.6. The summed E-state index contributed by atoms with van der Waals surface area (Å²) in [7, 11) is 1.55. The number of nitrogens with one attached hydrogen (secondary N) is 1. The lowest BCUT2D eigenvalue weighted by atomic mass is 10.1. The number of carbonyl (C=O) groups excluding carboxylic acids is 3. The molecule has 6 nitrogen and oxygen atoms in total. The quantitative estimate of drug-likeness (QED) is 0.328. The molecule has 1 aliphatic heterocycles. The van der Waals surface area contributed by atoms with Gasteiger partial charge in [0.15, 0.2) is 0 Å². The van der Waals surface area contributed by atoms with Gasteiger partial charge in [-0.3, -0.25) is 14.9 Å². The molecule has 9 heteroatoms. The molecule has 1 saturated heterocycles. The van der Waals surface area contributed by atoms with Crippen LogP contribution in [0.3, 0.4) is 0 Å². The summed E-state index contributed by atoms with van der Waals surface area (Å²) in [5.74, 6) is -0.838. The minimum Gasteiger partial charge on any atom is -0.494 e. The number of anilines is 1. The zero-order valence-corrected chi connectivity index (χ0v) is 19.2. The highest BCUT2D eigenvalue weighted by atomic mass is 127. The van der Waals surface area contributed by atoms with E-state index in [2.05, 4.69) is 43.8 Å². The maximum absolute atomic E-state index is 12.9. The van der Waals surface area contributed by atoms with E-state index in [1.54, 1.807) is 31.4 Å². The number of carbonyl (C=O) groups is 3. The molecule has 4 amide bonds. The van der Waals surface area contributed by atoms with Gasteiger partial charge < -0.3 is 4.74 Å². The lowest BCUT2D eigenvalue weighted by molar-refractivity contribution is -0.122. The van der Waals surface area contributed by atoms with Crippen molar-refractivity contribution in [2.24, 2.45) is 0 Å². The van der Waals surface area contributed by atoms with Crippen molar-refractivity contribution in [1.82, 2.24) is 5.32 Å². The topological polar surface area (TPSA) is 75.7 Å². The van der Waals surface area contributed by atoms with Crippen molar-refractivity contribution < 1.29 is 19.1 Å². The summed E-state index contributed by atoms with van der Waals surface area (Å²) in [6.07, 6.45) is 1.43. The SMILES string of the molecule is COc1c(Br)cc(/C=C2/C(=O)NC(=O)N(c3ccc(C)c(Cl)c3)C2=O)cc1I. The van der Waals surface area contributed by atoms with Crippen LogP contribution in [-0.2, 0) is 9.59 Å². The number of barbiturate groups is 1. The predicted octanol–water partition coefficient (Wildman–Crippen LogP) is 4.69. The van der Waals surface area contributed by atoms with Crippen LogP contribution in [0.25, 0.3) is 6.08 Å². The molecule has 0 aliphatic carbocycles. The Morgan fingerprint density at radius 1 is 1.21 bits per heavy atom. The molecule has 0 atom stereocenters. The summed E-state index contributed by atoms with van der Waals surface area (Å²) in [6.45, 7) is 1.81. The Kier molecular flexibility index (Phi) is 6.11. The third-order valence-electron chi connectivity index (χ3n) is 4.05. The molecule has 1 fully saturated rings. The van der Waals surface area contributed by atoms with Gasteiger partial charge in [-0.05, 0) is 86.9 Å². The van der Waals surface area contributed by atoms with Gasteiger partial charge in [0.25, 0.3) is 11.8 Å². The fraction of sp³-hybridized carbons (Fsp3) is 0.105. The van der Waals surface area contributed by atoms with Crippen LogP contribution in [0.2, 0.25) is 5.02 Å². The van der Waals surface area contributed by atoms with Crippen LogP contribution >= 0.6 is 50.1 Å². The minimum absolute atomic E-state index is 0.163. The number of aryl methyl sites for hydroxylation is 1. The molecule has 0 saturated carbocycles. The number of ether oxygens (including phenoxy) is 1. The highest BCUT2D eigenvalue weighted by Crippen LogP contribution is 2.33. The summed E-state index contributed by atoms with van der Waals surface area (Å²) in [4.78, 5) is 38.4. The Labute approximate surface area is 188 Å². The number of imide groups is 2. The van der Waals surface area contributed by atoms with E-state index in [-0.39, 0.29) is 11.3 Å². The zero-order chi connectivity index (χ0) is 20.6. The summed E-state index contributed by atoms with van der Waals surface area (Å²) < 4.78 is 6.76. The Hall–Kier alpha value is -1.91. The van der Waals surface area contributed by atoms with Gasteiger partial charge in [0.05, 0.1) is 20.8 Å². The molecule has 2 aromatic rings. The molecule has 0 aromatic heterocycles. The number of hydrogen-bond donors (Lipinski definition) is 1. The normalized spacial score (nSPS) is 15.8. The Morgan fingerprint density at radius 2 is 1.93 bits per heavy atom. The van der Waals surface area contributed by atoms with Crippen molar-refractivity contribution in [2.75, 3.05) is 12.0 Å². The van der Waals surface area contributed by atoms with E-state index in [9.17, 15) is 14.4 Å². The van der Waals surface area contributed by atoms with Crippen molar-refractivity contribution in [1.29, 1.82) is 0 Å². The Balaban J connectivity index is 2.05. The molecule has 0 bridgehead atoms. The molecule has 1 aliphatic rings. The van der Waals surface area contributed by atoms with Crippen LogP contribution in [0.1, 0.15) is 11.1 Å². The van der Waals surface area contributed by atoms with Crippen molar-refractivity contribution >= 4 is 79.7 Å². The first-order valence-electron chi connectivity index (χ1n) is 7.93. The van der Waals surface area contributed by atoms with Crippen molar-refractivity contribution in [3.63, 3.8) is 0 Å². The maximum atomic E-state index is 12.9. The van der Waals surface area contributed by atoms with Gasteiger partial charge in [-0.1, -0.05) is 17.7 Å². The standard InChI is InChI=1S/C19H13BrClIN2O4/c1-9-3-4-11(8-14(9)21)24-18(26)12(17(25)23-19(24)27)5-10-6-13(20)16(28-2)15(22)7-10/h3-8H,1-2H3,(H,23,25,27)/b12-5-. The first-order chi connectivity index (χ1) is 13.2. The molecule has 0 radical (unpaired) electrons. The molecule has 28 heavy (non-hydrogen) atoms. The van der Waals surface area contributed by atoms with E-state index in [0.717, 1.165) is 14.0 Å². The first-order valence-corrected chi connectivity index (χ1v) is 10.2. The zero-order valence-electron chi connectivity index (χ0n) is 14.7. The van der Waals surface area contributed by atoms with E-state index in [0.29, 0.717) is 20.8 Å². The van der Waals surface area contributed by atoms with Crippen LogP contribution in [0.15, 0.2) is 40.4 Å². The van der Waals surface area contributed by atoms with Gasteiger partial charge in [-0.25, -0.2) is 9.69 Å². The van der Waals surface area contributed by atoms with Crippen molar-refractivity contribution in [2.45, 2.75) is 6.92 Å². The highest BCUT2D eigenvalue weighted by molar-refractivity contribution is 14.1. The number of hydrogen-bond acceptors (Lipinski definition) is 4. The third-order valence-corrected chi connectivity index (χ3v) is 5.85. The minimum atomic E-state index is -0.822. The molecule has 2 aromatic carbocycles. The van der Waals surface area contributed by atoms with Crippen LogP contribution in [0.5, 0.6) is 5.75 Å². The van der Waals surface area contributed by atoms with Gasteiger partial charge in [0.1, 0.15) is 11.3 Å². The summed E-state index contributed by atoms with van der Waals surface area (Å²) in [5.41, 5.74) is 1.53. The fourth-order valence-corrected chi connectivity index (χ4v) is 4.69. The number of urea groups is 1. The predicted molar refractivity (Wildman–Crippen MR) is 119 cm³/mol. The van der Waals surface area contributed by atoms with E-state index in [4.69, 9.17) is 16.3 Å². The van der Waals surface area contributed by atoms with Gasteiger partial charge in [-0.15, -0.1) is 0 Å². The average Bonchev–Trinajstić information content (AvgIpc) is 2.61. The molecule has 144 valence electrons. The van der Waals surface area contributed by atoms with Crippen LogP contribution in [0, 0.1) is 10.5 Å². The average molecular weight is 576 g/mol. The van der Waals surface area contributed by atoms with Crippen molar-refractivity contribution in [3.8, 4) is 5.75 Å². The number of nitrogens with zero attached hydrogens (tertiary/aromatic N) is 1. The molecule has 0 spiro atoms. The monoisotopic (exact) mass is 574 g/mol. The Bertz CT molecular complexity index is 1030. The largest absolute Gasteiger partial charge is 0.494 e. The van der Waals surface area contributed by atoms with Gasteiger partial charge in [-0.2, -0.15) is 0 Å². The maximum Gasteiger partial charge on any atom is 0.335 e. The highest BCUT2D eigenvalue weighted by Gasteiger charge is 2.37.